The molecule has 0 saturated carbocycles. The van der Waals surface area contributed by atoms with Crippen LogP contribution in [-0.2, 0) is 6.42 Å². The van der Waals surface area contributed by atoms with E-state index in [0.29, 0.717) is 11.2 Å². The Balaban J connectivity index is 1.40. The predicted octanol–water partition coefficient (Wildman–Crippen LogP) is 4.60. The van der Waals surface area contributed by atoms with Gasteiger partial charge < -0.3 is 20.3 Å². The van der Waals surface area contributed by atoms with Gasteiger partial charge in [0.1, 0.15) is 5.75 Å². The number of rotatable bonds is 7. The van der Waals surface area contributed by atoms with Crippen LogP contribution in [0.15, 0.2) is 48.5 Å². The van der Waals surface area contributed by atoms with Crippen molar-refractivity contribution in [1.82, 2.24) is 5.32 Å². The van der Waals surface area contributed by atoms with E-state index in [1.165, 1.54) is 11.3 Å². The zero-order valence-electron chi connectivity index (χ0n) is 16.4. The minimum Gasteiger partial charge on any atom is -0.491 e. The molecular formula is C22H29N3OS. The molecule has 4 nitrogen and oxygen atoms in total. The molecule has 2 aromatic carbocycles. The van der Waals surface area contributed by atoms with Crippen LogP contribution >= 0.6 is 12.2 Å². The molecule has 0 spiro atoms. The monoisotopic (exact) mass is 383 g/mol. The smallest absolute Gasteiger partial charge is 0.170 e. The standard InChI is InChI=1S/C22H29N3OS/c1-16(2)26-20-11-9-19(10-12-20)24-22(27)23-13-6-14-25-17(3)15-18-7-4-5-8-21(18)25/h4-5,7-12,16-17H,6,13-15H2,1-3H3,(H2,23,24,27)/t17-/m1/s1. The maximum absolute atomic E-state index is 5.66. The molecule has 0 radical (unpaired) electrons. The first-order valence-corrected chi connectivity index (χ1v) is 10.1. The van der Waals surface area contributed by atoms with Crippen molar-refractivity contribution in [2.45, 2.75) is 45.8 Å². The molecule has 0 aliphatic carbocycles. The Hall–Kier alpha value is -2.27. The van der Waals surface area contributed by atoms with Gasteiger partial charge in [-0.15, -0.1) is 0 Å². The van der Waals surface area contributed by atoms with E-state index in [4.69, 9.17) is 17.0 Å². The molecule has 0 unspecified atom stereocenters. The SMILES string of the molecule is CC(C)Oc1ccc(NC(=S)NCCCN2c3ccccc3C[C@H]2C)cc1. The Labute approximate surface area is 167 Å². The average molecular weight is 384 g/mol. The van der Waals surface area contributed by atoms with Crippen molar-refractivity contribution >= 4 is 28.7 Å². The molecule has 0 amide bonds. The number of fused-ring (bicyclic) bond motifs is 1. The molecule has 1 aliphatic rings. The van der Waals surface area contributed by atoms with Crippen LogP contribution in [-0.4, -0.2) is 30.3 Å². The van der Waals surface area contributed by atoms with Crippen LogP contribution < -0.4 is 20.3 Å². The van der Waals surface area contributed by atoms with E-state index in [1.54, 1.807) is 0 Å². The van der Waals surface area contributed by atoms with E-state index >= 15 is 0 Å². The van der Waals surface area contributed by atoms with Crippen molar-refractivity contribution in [2.24, 2.45) is 0 Å². The highest BCUT2D eigenvalue weighted by Gasteiger charge is 2.24. The molecule has 2 N–H and O–H groups in total. The van der Waals surface area contributed by atoms with E-state index in [9.17, 15) is 0 Å². The molecule has 2 aromatic rings. The van der Waals surface area contributed by atoms with Gasteiger partial charge in [0.25, 0.3) is 0 Å². The first-order chi connectivity index (χ1) is 13.0. The number of ether oxygens (including phenoxy) is 1. The average Bonchev–Trinajstić information content (AvgIpc) is 2.95. The van der Waals surface area contributed by atoms with Crippen molar-refractivity contribution in [2.75, 3.05) is 23.3 Å². The summed E-state index contributed by atoms with van der Waals surface area (Å²) in [4.78, 5) is 2.50. The molecule has 27 heavy (non-hydrogen) atoms. The van der Waals surface area contributed by atoms with Crippen LogP contribution in [0.5, 0.6) is 5.75 Å². The number of nitrogens with one attached hydrogen (secondary N) is 2. The zero-order valence-corrected chi connectivity index (χ0v) is 17.2. The van der Waals surface area contributed by atoms with Crippen molar-refractivity contribution in [3.63, 3.8) is 0 Å². The maximum atomic E-state index is 5.66. The largest absolute Gasteiger partial charge is 0.491 e. The Morgan fingerprint density at radius 3 is 2.67 bits per heavy atom. The Bertz CT molecular complexity index is 760. The van der Waals surface area contributed by atoms with Crippen LogP contribution in [0, 0.1) is 0 Å². The molecule has 0 fully saturated rings. The van der Waals surface area contributed by atoms with Crippen LogP contribution in [0.3, 0.4) is 0 Å². The highest BCUT2D eigenvalue weighted by molar-refractivity contribution is 7.80. The number of nitrogens with zero attached hydrogens (tertiary/aromatic N) is 1. The quantitative estimate of drug-likeness (QED) is 0.540. The van der Waals surface area contributed by atoms with Gasteiger partial charge in [-0.2, -0.15) is 0 Å². The molecule has 5 heteroatoms. The Morgan fingerprint density at radius 1 is 1.19 bits per heavy atom. The summed E-state index contributed by atoms with van der Waals surface area (Å²) in [5, 5.41) is 7.18. The fraction of sp³-hybridized carbons (Fsp3) is 0.409. The van der Waals surface area contributed by atoms with Gasteiger partial charge in [0, 0.05) is 30.5 Å². The summed E-state index contributed by atoms with van der Waals surface area (Å²) in [6.45, 7) is 8.23. The highest BCUT2D eigenvalue weighted by atomic mass is 32.1. The highest BCUT2D eigenvalue weighted by Crippen LogP contribution is 2.31. The fourth-order valence-electron chi connectivity index (χ4n) is 3.49. The summed E-state index contributed by atoms with van der Waals surface area (Å²) in [6, 6.07) is 17.2. The van der Waals surface area contributed by atoms with E-state index in [2.05, 4.69) is 46.7 Å². The number of anilines is 2. The molecule has 1 atom stereocenters. The van der Waals surface area contributed by atoms with E-state index in [1.807, 2.05) is 38.1 Å². The van der Waals surface area contributed by atoms with Crippen molar-refractivity contribution in [3.05, 3.63) is 54.1 Å². The van der Waals surface area contributed by atoms with E-state index < -0.39 is 0 Å². The third-order valence-electron chi connectivity index (χ3n) is 4.69. The van der Waals surface area contributed by atoms with Gasteiger partial charge in [0.15, 0.2) is 5.11 Å². The molecule has 0 bridgehead atoms. The number of thiocarbonyl (C=S) groups is 1. The summed E-state index contributed by atoms with van der Waals surface area (Å²) in [5.74, 6) is 0.870. The molecular weight excluding hydrogens is 354 g/mol. The third-order valence-corrected chi connectivity index (χ3v) is 4.94. The minimum atomic E-state index is 0.178. The summed E-state index contributed by atoms with van der Waals surface area (Å²) >= 11 is 5.41. The second kappa shape index (κ2) is 9.09. The molecule has 144 valence electrons. The van der Waals surface area contributed by atoms with E-state index in [0.717, 1.165) is 37.4 Å². The van der Waals surface area contributed by atoms with Crippen molar-refractivity contribution in [3.8, 4) is 5.75 Å². The molecule has 0 saturated heterocycles. The van der Waals surface area contributed by atoms with Gasteiger partial charge >= 0.3 is 0 Å². The summed E-state index contributed by atoms with van der Waals surface area (Å²) in [5.41, 5.74) is 3.81. The zero-order chi connectivity index (χ0) is 19.2. The minimum absolute atomic E-state index is 0.178. The lowest BCUT2D eigenvalue weighted by atomic mass is 10.1. The molecule has 0 aromatic heterocycles. The summed E-state index contributed by atoms with van der Waals surface area (Å²) < 4.78 is 5.66. The lowest BCUT2D eigenvalue weighted by molar-refractivity contribution is 0.242. The van der Waals surface area contributed by atoms with Crippen molar-refractivity contribution in [1.29, 1.82) is 0 Å². The van der Waals surface area contributed by atoms with E-state index in [-0.39, 0.29) is 6.10 Å². The lowest BCUT2D eigenvalue weighted by Gasteiger charge is -2.25. The van der Waals surface area contributed by atoms with Crippen LogP contribution in [0.2, 0.25) is 0 Å². The van der Waals surface area contributed by atoms with Crippen LogP contribution in [0.1, 0.15) is 32.8 Å². The first-order valence-electron chi connectivity index (χ1n) is 9.69. The van der Waals surface area contributed by atoms with Crippen molar-refractivity contribution < 1.29 is 4.74 Å². The molecule has 1 heterocycles. The maximum Gasteiger partial charge on any atom is 0.170 e. The molecule has 3 rings (SSSR count). The normalized spacial score (nSPS) is 15.6. The summed E-state index contributed by atoms with van der Waals surface area (Å²) in [6.07, 6.45) is 2.36. The second-order valence-electron chi connectivity index (χ2n) is 7.30. The van der Waals surface area contributed by atoms with Gasteiger partial charge in [0.2, 0.25) is 0 Å². The van der Waals surface area contributed by atoms with Gasteiger partial charge in [-0.3, -0.25) is 0 Å². The predicted molar refractivity (Wildman–Crippen MR) is 118 cm³/mol. The van der Waals surface area contributed by atoms with Crippen LogP contribution in [0.25, 0.3) is 0 Å². The van der Waals surface area contributed by atoms with Crippen LogP contribution in [0.4, 0.5) is 11.4 Å². The number of benzene rings is 2. The van der Waals surface area contributed by atoms with Gasteiger partial charge in [-0.25, -0.2) is 0 Å². The number of hydrogen-bond donors (Lipinski definition) is 2. The lowest BCUT2D eigenvalue weighted by Crippen LogP contribution is -2.34. The number of para-hydroxylation sites is 1. The number of hydrogen-bond acceptors (Lipinski definition) is 3. The topological polar surface area (TPSA) is 36.5 Å². The Kier molecular flexibility index (Phi) is 6.56. The van der Waals surface area contributed by atoms with Gasteiger partial charge in [0.05, 0.1) is 6.10 Å². The second-order valence-corrected chi connectivity index (χ2v) is 7.71. The van der Waals surface area contributed by atoms with Gasteiger partial charge in [-0.1, -0.05) is 18.2 Å². The Morgan fingerprint density at radius 2 is 1.93 bits per heavy atom. The summed E-state index contributed by atoms with van der Waals surface area (Å²) in [7, 11) is 0. The first kappa shape index (κ1) is 19.5. The van der Waals surface area contributed by atoms with Gasteiger partial charge in [-0.05, 0) is 81.7 Å². The molecule has 1 aliphatic heterocycles. The third kappa shape index (κ3) is 5.36. The fourth-order valence-corrected chi connectivity index (χ4v) is 3.71.